The van der Waals surface area contributed by atoms with Gasteiger partial charge in [0.05, 0.1) is 31.0 Å². The van der Waals surface area contributed by atoms with Crippen LogP contribution in [0.2, 0.25) is 0 Å². The van der Waals surface area contributed by atoms with Crippen LogP contribution in [-0.4, -0.2) is 38.6 Å². The molecule has 1 fully saturated rings. The first-order chi connectivity index (χ1) is 19.8. The lowest BCUT2D eigenvalue weighted by molar-refractivity contribution is -0.0507. The van der Waals surface area contributed by atoms with E-state index in [2.05, 4.69) is 4.98 Å². The van der Waals surface area contributed by atoms with Gasteiger partial charge in [0, 0.05) is 41.8 Å². The molecule has 2 bridgehead atoms. The number of aromatic nitrogens is 3. The van der Waals surface area contributed by atoms with Gasteiger partial charge in [0.15, 0.2) is 5.78 Å². The molecule has 40 heavy (non-hydrogen) atoms. The number of nitrogens with two attached hydrogens (primary N) is 1. The molecule has 7 nitrogen and oxygen atoms in total. The highest BCUT2D eigenvalue weighted by Gasteiger charge is 2.52. The molecule has 3 aliphatic rings. The van der Waals surface area contributed by atoms with E-state index in [0.717, 1.165) is 0 Å². The van der Waals surface area contributed by atoms with Gasteiger partial charge in [0.2, 0.25) is 0 Å². The molecule has 0 radical (unpaired) electrons. The van der Waals surface area contributed by atoms with Crippen LogP contribution in [0, 0.1) is 11.2 Å². The normalized spacial score (nSPS) is 28.0. The van der Waals surface area contributed by atoms with Crippen LogP contribution in [0.1, 0.15) is 74.7 Å². The number of carbonyl (C=O) groups excluding carboxylic acids is 1. The van der Waals surface area contributed by atoms with Crippen LogP contribution in [0.5, 0.6) is 5.75 Å². The van der Waals surface area contributed by atoms with Crippen molar-refractivity contribution in [2.75, 3.05) is 6.56 Å². The van der Waals surface area contributed by atoms with Gasteiger partial charge in [-0.25, -0.2) is 9.37 Å². The number of hydrogen-bond donors (Lipinski definition) is 2. The van der Waals surface area contributed by atoms with E-state index >= 15 is 4.39 Å². The number of halogens is 3. The van der Waals surface area contributed by atoms with Gasteiger partial charge in [-0.05, 0) is 54.5 Å². The largest absolute Gasteiger partial charge is 0.434 e. The number of alkyl halides is 2. The van der Waals surface area contributed by atoms with Gasteiger partial charge >= 0.3 is 6.61 Å². The zero-order valence-electron chi connectivity index (χ0n) is 23.5. The summed E-state index contributed by atoms with van der Waals surface area (Å²) in [5, 5.41) is 9.87. The molecule has 2 atom stereocenters. The third-order valence-corrected chi connectivity index (χ3v) is 8.58. The number of Topliss-reactive ketones (excluding diaryl/α,β-unsaturated/α-hetero) is 1. The molecule has 0 spiro atoms. The van der Waals surface area contributed by atoms with E-state index in [-0.39, 0.29) is 42.4 Å². The van der Waals surface area contributed by atoms with Crippen molar-refractivity contribution in [3.8, 4) is 16.9 Å². The fraction of sp³-hybridized carbons (Fsp3) is 0.367. The van der Waals surface area contributed by atoms with Crippen molar-refractivity contribution >= 4 is 16.8 Å². The molecule has 7 rings (SSSR count). The number of pyridine rings is 1. The molecular weight excluding hydrogens is 521 g/mol. The van der Waals surface area contributed by atoms with E-state index in [4.69, 9.17) is 18.2 Å². The smallest absolute Gasteiger partial charge is 0.387 e. The van der Waals surface area contributed by atoms with Gasteiger partial charge in [-0.2, -0.15) is 8.78 Å². The summed E-state index contributed by atoms with van der Waals surface area (Å²) in [4.78, 5) is 22.2. The van der Waals surface area contributed by atoms with E-state index in [9.17, 15) is 18.7 Å². The van der Waals surface area contributed by atoms with Gasteiger partial charge in [-0.3, -0.25) is 9.78 Å². The second kappa shape index (κ2) is 8.62. The Balaban J connectivity index is 1.28. The number of benzene rings is 2. The average Bonchev–Trinajstić information content (AvgIpc) is 3.38. The molecule has 2 aromatic heterocycles. The summed E-state index contributed by atoms with van der Waals surface area (Å²) in [6.07, 6.45) is 2.28. The number of hydrogen-bond acceptors (Lipinski definition) is 6. The maximum atomic E-state index is 15.4. The minimum absolute atomic E-state index is 0.0113. The van der Waals surface area contributed by atoms with Gasteiger partial charge < -0.3 is 20.1 Å². The standard InChI is InChI=1S/C30H27F3N4O3/c1-29(14-38)12-30(34,13-29)26-19(31)7-17(11-35-26)15-5-6-20-21(8-15)37-22-9-16(27(37)36-20)10-23(39)18-3-2-4-24(25(18)22)40-28(32)33/h2-8,11,16,22,28,38H,9-10,12-14,34H2,1H3/t16-,22+,29?,30?/m0/s1/i14D2. The average molecular weight is 551 g/mol. The first-order valence-electron chi connectivity index (χ1n) is 14.1. The zero-order valence-corrected chi connectivity index (χ0v) is 21.5. The summed E-state index contributed by atoms with van der Waals surface area (Å²) >= 11 is 0. The van der Waals surface area contributed by atoms with E-state index < -0.39 is 36.0 Å². The summed E-state index contributed by atoms with van der Waals surface area (Å²) in [6.45, 7) is -3.93. The molecule has 10 heteroatoms. The van der Waals surface area contributed by atoms with Crippen molar-refractivity contribution in [2.45, 2.75) is 56.7 Å². The van der Waals surface area contributed by atoms with Crippen LogP contribution in [-0.2, 0) is 5.54 Å². The number of ether oxygens (including phenoxy) is 1. The number of rotatable bonds is 5. The number of carbonyl (C=O) groups is 1. The Labute approximate surface area is 230 Å². The topological polar surface area (TPSA) is 103 Å². The first kappa shape index (κ1) is 23.0. The third kappa shape index (κ3) is 3.69. The predicted octanol–water partition coefficient (Wildman–Crippen LogP) is 5.45. The van der Waals surface area contributed by atoms with Gasteiger partial charge in [0.25, 0.3) is 0 Å². The van der Waals surface area contributed by atoms with E-state index in [1.165, 1.54) is 18.3 Å². The fourth-order valence-corrected chi connectivity index (χ4v) is 7.02. The quantitative estimate of drug-likeness (QED) is 0.343. The van der Waals surface area contributed by atoms with Crippen LogP contribution >= 0.6 is 0 Å². The highest BCUT2D eigenvalue weighted by molar-refractivity contribution is 6.00. The third-order valence-electron chi connectivity index (χ3n) is 8.58. The van der Waals surface area contributed by atoms with Crippen LogP contribution in [0.3, 0.4) is 0 Å². The monoisotopic (exact) mass is 550 g/mol. The molecule has 3 heterocycles. The fourth-order valence-electron chi connectivity index (χ4n) is 7.02. The van der Waals surface area contributed by atoms with Crippen LogP contribution < -0.4 is 10.5 Å². The van der Waals surface area contributed by atoms with Crippen molar-refractivity contribution in [3.63, 3.8) is 0 Å². The lowest BCUT2D eigenvalue weighted by atomic mass is 9.57. The maximum absolute atomic E-state index is 15.4. The first-order valence-corrected chi connectivity index (χ1v) is 13.1. The molecule has 206 valence electrons. The molecule has 0 amide bonds. The summed E-state index contributed by atoms with van der Waals surface area (Å²) in [5.74, 6) is -0.312. The number of ketones is 1. The maximum Gasteiger partial charge on any atom is 0.387 e. The molecule has 0 saturated heterocycles. The lowest BCUT2D eigenvalue weighted by Crippen LogP contribution is -2.56. The Morgan fingerprint density at radius 3 is 2.77 bits per heavy atom. The second-order valence-corrected chi connectivity index (χ2v) is 11.5. The number of imidazole rings is 1. The van der Waals surface area contributed by atoms with Crippen molar-refractivity contribution in [1.29, 1.82) is 0 Å². The Morgan fingerprint density at radius 1 is 1.25 bits per heavy atom. The van der Waals surface area contributed by atoms with E-state index in [1.54, 1.807) is 31.2 Å². The van der Waals surface area contributed by atoms with Crippen molar-refractivity contribution in [3.05, 3.63) is 77.1 Å². The highest BCUT2D eigenvalue weighted by Crippen LogP contribution is 2.53. The molecule has 1 aliphatic heterocycles. The summed E-state index contributed by atoms with van der Waals surface area (Å²) < 4.78 is 64.2. The van der Waals surface area contributed by atoms with Gasteiger partial charge in [-0.1, -0.05) is 25.1 Å². The molecular formula is C30H27F3N4O3. The van der Waals surface area contributed by atoms with Crippen LogP contribution in [0.25, 0.3) is 22.2 Å². The highest BCUT2D eigenvalue weighted by atomic mass is 19.3. The molecule has 1 saturated carbocycles. The SMILES string of the molecule is [2H]C([2H])(O)C1(C)CC(N)(c2ncc(-c3ccc4nc5n(c4c3)[C@@H]3C[C@H]5CC(=O)c4cccc(OC(F)F)c43)cc2F)C1. The van der Waals surface area contributed by atoms with Crippen molar-refractivity contribution < 1.29 is 30.6 Å². The Bertz CT molecular complexity index is 1780. The molecule has 2 aliphatic carbocycles. The minimum Gasteiger partial charge on any atom is -0.434 e. The van der Waals surface area contributed by atoms with Crippen LogP contribution in [0.15, 0.2) is 48.7 Å². The molecule has 3 N–H and O–H groups in total. The Hall–Kier alpha value is -3.76. The van der Waals surface area contributed by atoms with E-state index in [1.807, 2.05) is 10.6 Å². The van der Waals surface area contributed by atoms with Crippen molar-refractivity contribution in [1.82, 2.24) is 14.5 Å². The number of aliphatic hydroxyl groups is 1. The van der Waals surface area contributed by atoms with Crippen molar-refractivity contribution in [2.24, 2.45) is 11.1 Å². The molecule has 2 aromatic carbocycles. The van der Waals surface area contributed by atoms with Gasteiger partial charge in [-0.15, -0.1) is 0 Å². The minimum atomic E-state index is -3.05. The van der Waals surface area contributed by atoms with E-state index in [0.29, 0.717) is 45.5 Å². The Kier molecular flexibility index (Phi) is 4.95. The molecule has 4 aromatic rings. The second-order valence-electron chi connectivity index (χ2n) is 11.5. The summed E-state index contributed by atoms with van der Waals surface area (Å²) in [6, 6.07) is 10.9. The summed E-state index contributed by atoms with van der Waals surface area (Å²) in [7, 11) is 0. The zero-order chi connectivity index (χ0) is 29.8. The van der Waals surface area contributed by atoms with Gasteiger partial charge in [0.1, 0.15) is 17.4 Å². The summed E-state index contributed by atoms with van der Waals surface area (Å²) in [5.41, 5.74) is 7.36. The number of nitrogens with zero attached hydrogens (tertiary/aromatic N) is 3. The van der Waals surface area contributed by atoms with Crippen LogP contribution in [0.4, 0.5) is 13.2 Å². The Morgan fingerprint density at radius 2 is 2.05 bits per heavy atom. The molecule has 0 unspecified atom stereocenters. The number of fused-ring (bicyclic) bond motifs is 9. The predicted molar refractivity (Wildman–Crippen MR) is 141 cm³/mol. The lowest BCUT2D eigenvalue weighted by Gasteiger charge is -2.51.